The molecule has 24 heavy (non-hydrogen) atoms. The second-order valence-corrected chi connectivity index (χ2v) is 8.09. The van der Waals surface area contributed by atoms with Gasteiger partial charge >= 0.3 is 11.8 Å². The lowest BCUT2D eigenvalue weighted by atomic mass is 10.2. The van der Waals surface area contributed by atoms with E-state index in [0.29, 0.717) is 19.5 Å². The van der Waals surface area contributed by atoms with Gasteiger partial charge in [-0.1, -0.05) is 0 Å². The van der Waals surface area contributed by atoms with Crippen LogP contribution in [0.4, 0.5) is 10.5 Å². The molecule has 0 radical (unpaired) electrons. The molecule has 132 valence electrons. The molecule has 0 spiro atoms. The number of hydrogen-bond acceptors (Lipinski definition) is 6. The molecule has 2 rings (SSSR count). The number of pyridine rings is 1. The number of carbonyl (C=O) groups is 1. The molecule has 2 heterocycles. The molecule has 8 nitrogen and oxygen atoms in total. The zero-order valence-electron chi connectivity index (χ0n) is 13.9. The number of rotatable bonds is 4. The van der Waals surface area contributed by atoms with Crippen molar-refractivity contribution >= 4 is 22.6 Å². The first-order chi connectivity index (χ1) is 11.2. The minimum Gasteiger partial charge on any atom is -0.444 e. The van der Waals surface area contributed by atoms with Crippen molar-refractivity contribution in [1.82, 2.24) is 9.88 Å². The Morgan fingerprint density at radius 1 is 1.54 bits per heavy atom. The van der Waals surface area contributed by atoms with Crippen molar-refractivity contribution in [2.45, 2.75) is 37.8 Å². The fourth-order valence-electron chi connectivity index (χ4n) is 2.45. The summed E-state index contributed by atoms with van der Waals surface area (Å²) in [5, 5.41) is 11.0. The molecule has 9 heteroatoms. The van der Waals surface area contributed by atoms with Crippen LogP contribution in [0.1, 0.15) is 27.2 Å². The summed E-state index contributed by atoms with van der Waals surface area (Å²) in [5.41, 5.74) is -0.801. The first-order valence-electron chi connectivity index (χ1n) is 7.63. The molecule has 1 aliphatic rings. The third-order valence-corrected chi connectivity index (χ3v) is 5.01. The van der Waals surface area contributed by atoms with Gasteiger partial charge in [-0.2, -0.15) is 0 Å². The van der Waals surface area contributed by atoms with Gasteiger partial charge in [0.05, 0.1) is 15.7 Å². The van der Waals surface area contributed by atoms with Gasteiger partial charge in [-0.25, -0.2) is 9.78 Å². The molecule has 0 N–H and O–H groups in total. The van der Waals surface area contributed by atoms with Crippen LogP contribution < -0.4 is 0 Å². The molecule has 0 aromatic carbocycles. The highest BCUT2D eigenvalue weighted by molar-refractivity contribution is 7.85. The fourth-order valence-corrected chi connectivity index (χ4v) is 3.86. The number of ether oxygens (including phenoxy) is 1. The van der Waals surface area contributed by atoms with Crippen molar-refractivity contribution in [3.8, 4) is 0 Å². The highest BCUT2D eigenvalue weighted by atomic mass is 32.2. The van der Waals surface area contributed by atoms with E-state index in [2.05, 4.69) is 4.98 Å². The largest absolute Gasteiger partial charge is 0.444 e. The zero-order chi connectivity index (χ0) is 17.9. The Labute approximate surface area is 142 Å². The van der Waals surface area contributed by atoms with Crippen molar-refractivity contribution in [2.75, 3.05) is 18.8 Å². The molecule has 1 amide bonds. The summed E-state index contributed by atoms with van der Waals surface area (Å²) in [5.74, 6) is 0.233. The summed E-state index contributed by atoms with van der Waals surface area (Å²) >= 11 is 0. The fraction of sp³-hybridized carbons (Fsp3) is 0.600. The van der Waals surface area contributed by atoms with Crippen LogP contribution in [-0.2, 0) is 15.5 Å². The standard InChI is InChI=1S/C15H21N3O5S/c1-15(2,3)23-14(19)17-8-6-11(9-17)10-24(22)13-12(18(20)21)5-4-7-16-13/h4-5,7,11H,6,8-10H2,1-3H3/t11-,24-/m0/s1. The van der Waals surface area contributed by atoms with E-state index in [1.54, 1.807) is 25.7 Å². The summed E-state index contributed by atoms with van der Waals surface area (Å²) in [6, 6.07) is 2.74. The van der Waals surface area contributed by atoms with E-state index >= 15 is 0 Å². The van der Waals surface area contributed by atoms with Crippen LogP contribution in [0.2, 0.25) is 0 Å². The maximum atomic E-state index is 12.4. The summed E-state index contributed by atoms with van der Waals surface area (Å²) < 4.78 is 17.8. The van der Waals surface area contributed by atoms with Gasteiger partial charge in [0.2, 0.25) is 5.03 Å². The Morgan fingerprint density at radius 2 is 2.25 bits per heavy atom. The maximum absolute atomic E-state index is 12.4. The van der Waals surface area contributed by atoms with Crippen molar-refractivity contribution in [2.24, 2.45) is 5.92 Å². The monoisotopic (exact) mass is 355 g/mol. The lowest BCUT2D eigenvalue weighted by molar-refractivity contribution is -0.388. The lowest BCUT2D eigenvalue weighted by Gasteiger charge is -2.24. The third kappa shape index (κ3) is 4.73. The average Bonchev–Trinajstić information content (AvgIpc) is 2.94. The summed E-state index contributed by atoms with van der Waals surface area (Å²) in [6.45, 7) is 6.36. The Bertz CT molecular complexity index is 659. The smallest absolute Gasteiger partial charge is 0.410 e. The topological polar surface area (TPSA) is 103 Å². The van der Waals surface area contributed by atoms with Gasteiger partial charge < -0.3 is 9.64 Å². The highest BCUT2D eigenvalue weighted by Crippen LogP contribution is 2.24. The molecular weight excluding hydrogens is 334 g/mol. The predicted octanol–water partition coefficient (Wildman–Crippen LogP) is 2.35. The third-order valence-electron chi connectivity index (χ3n) is 3.49. The highest BCUT2D eigenvalue weighted by Gasteiger charge is 2.32. The lowest BCUT2D eigenvalue weighted by Crippen LogP contribution is -2.35. The van der Waals surface area contributed by atoms with E-state index in [9.17, 15) is 19.1 Å². The zero-order valence-corrected chi connectivity index (χ0v) is 14.7. The van der Waals surface area contributed by atoms with Crippen LogP contribution in [0.25, 0.3) is 0 Å². The van der Waals surface area contributed by atoms with E-state index in [-0.39, 0.29) is 28.5 Å². The van der Waals surface area contributed by atoms with Crippen LogP contribution in [0.3, 0.4) is 0 Å². The van der Waals surface area contributed by atoms with Crippen molar-refractivity contribution in [1.29, 1.82) is 0 Å². The molecule has 1 aromatic heterocycles. The SMILES string of the molecule is CC(C)(C)OC(=O)N1CC[C@H](C[S@](=O)c2ncccc2[N+](=O)[O-])C1. The molecule has 1 saturated heterocycles. The minimum atomic E-state index is -1.58. The van der Waals surface area contributed by atoms with E-state index in [1.165, 1.54) is 18.3 Å². The maximum Gasteiger partial charge on any atom is 0.410 e. The summed E-state index contributed by atoms with van der Waals surface area (Å²) in [4.78, 5) is 27.9. The average molecular weight is 355 g/mol. The van der Waals surface area contributed by atoms with Crippen LogP contribution >= 0.6 is 0 Å². The van der Waals surface area contributed by atoms with Gasteiger partial charge in [-0.05, 0) is 39.2 Å². The van der Waals surface area contributed by atoms with E-state index in [4.69, 9.17) is 4.74 Å². The molecule has 0 bridgehead atoms. The van der Waals surface area contributed by atoms with Gasteiger partial charge in [0.25, 0.3) is 0 Å². The first-order valence-corrected chi connectivity index (χ1v) is 8.95. The molecule has 0 aliphatic carbocycles. The number of aromatic nitrogens is 1. The normalized spacial score (nSPS) is 19.1. The van der Waals surface area contributed by atoms with Crippen molar-refractivity contribution in [3.05, 3.63) is 28.4 Å². The van der Waals surface area contributed by atoms with Crippen LogP contribution in [-0.4, -0.2) is 49.6 Å². The van der Waals surface area contributed by atoms with Crippen molar-refractivity contribution < 1.29 is 18.7 Å². The predicted molar refractivity (Wildman–Crippen MR) is 88.1 cm³/mol. The molecule has 0 saturated carbocycles. The van der Waals surface area contributed by atoms with Crippen LogP contribution in [0.15, 0.2) is 23.4 Å². The van der Waals surface area contributed by atoms with E-state index < -0.39 is 21.3 Å². The first kappa shape index (κ1) is 18.3. The number of amides is 1. The van der Waals surface area contributed by atoms with Crippen LogP contribution in [0, 0.1) is 16.0 Å². The number of hydrogen-bond donors (Lipinski definition) is 0. The number of nitrogens with zero attached hydrogens (tertiary/aromatic N) is 3. The van der Waals surface area contributed by atoms with Gasteiger partial charge in [-0.3, -0.25) is 14.3 Å². The Balaban J connectivity index is 1.97. The second-order valence-electron chi connectivity index (χ2n) is 6.68. The molecule has 1 fully saturated rings. The van der Waals surface area contributed by atoms with Gasteiger partial charge in [0.15, 0.2) is 0 Å². The Morgan fingerprint density at radius 3 is 2.88 bits per heavy atom. The molecule has 0 unspecified atom stereocenters. The van der Waals surface area contributed by atoms with Gasteiger partial charge in [-0.15, -0.1) is 0 Å². The quantitative estimate of drug-likeness (QED) is 0.607. The number of likely N-dealkylation sites (tertiary alicyclic amines) is 1. The molecular formula is C15H21N3O5S. The number of carbonyl (C=O) groups excluding carboxylic acids is 1. The van der Waals surface area contributed by atoms with Crippen LogP contribution in [0.5, 0.6) is 0 Å². The Hall–Kier alpha value is -2.03. The minimum absolute atomic E-state index is 0.0000353. The molecule has 1 aromatic rings. The van der Waals surface area contributed by atoms with E-state index in [1.807, 2.05) is 0 Å². The van der Waals surface area contributed by atoms with Gasteiger partial charge in [0, 0.05) is 31.1 Å². The summed E-state index contributed by atoms with van der Waals surface area (Å²) in [6.07, 6.45) is 1.69. The Kier molecular flexibility index (Phi) is 5.53. The van der Waals surface area contributed by atoms with Gasteiger partial charge in [0.1, 0.15) is 5.60 Å². The van der Waals surface area contributed by atoms with E-state index in [0.717, 1.165) is 0 Å². The summed E-state index contributed by atoms with van der Waals surface area (Å²) in [7, 11) is -1.58. The number of nitro groups is 1. The van der Waals surface area contributed by atoms with Crippen molar-refractivity contribution in [3.63, 3.8) is 0 Å². The second kappa shape index (κ2) is 7.25. The molecule has 1 aliphatic heterocycles. The molecule has 2 atom stereocenters.